The maximum absolute atomic E-state index is 12.4. The van der Waals surface area contributed by atoms with E-state index >= 15 is 0 Å². The number of amides is 1. The van der Waals surface area contributed by atoms with E-state index < -0.39 is 15.9 Å². The minimum absolute atomic E-state index is 0.0867. The van der Waals surface area contributed by atoms with E-state index in [2.05, 4.69) is 4.72 Å². The Balaban J connectivity index is 2.39. The lowest BCUT2D eigenvalue weighted by Gasteiger charge is -2.11. The maximum Gasteiger partial charge on any atom is 0.265 e. The van der Waals surface area contributed by atoms with Crippen LogP contribution in [0.5, 0.6) is 0 Å². The number of rotatable bonds is 4. The second kappa shape index (κ2) is 6.53. The number of carbonyl (C=O) groups is 1. The van der Waals surface area contributed by atoms with Crippen molar-refractivity contribution >= 4 is 44.8 Å². The van der Waals surface area contributed by atoms with E-state index in [9.17, 15) is 13.2 Å². The predicted octanol–water partition coefficient (Wildman–Crippen LogP) is 2.40. The lowest BCUT2D eigenvalue weighted by molar-refractivity contribution is 0.0953. The van der Waals surface area contributed by atoms with Gasteiger partial charge in [-0.15, -0.1) is 0 Å². The number of carbonyl (C=O) groups excluding carboxylic acids is 1. The van der Waals surface area contributed by atoms with Gasteiger partial charge in [-0.25, -0.2) is 14.3 Å². The standard InChI is InChI=1S/C13H11Cl2N3O3S/c14-10-5-2-6-11(12(10)15)18-22(20,21)9-4-1-3-8(7-9)13(19)17-16/h1-7,18H,16H2,(H,17,19). The number of hydrazine groups is 1. The van der Waals surface area contributed by atoms with Crippen LogP contribution in [0.2, 0.25) is 10.0 Å². The number of halogens is 2. The topological polar surface area (TPSA) is 101 Å². The summed E-state index contributed by atoms with van der Waals surface area (Å²) in [6.07, 6.45) is 0. The Hall–Kier alpha value is -1.80. The van der Waals surface area contributed by atoms with Crippen LogP contribution in [0.1, 0.15) is 10.4 Å². The molecule has 116 valence electrons. The molecule has 0 saturated heterocycles. The van der Waals surface area contributed by atoms with Crippen LogP contribution >= 0.6 is 23.2 Å². The molecule has 9 heteroatoms. The Bertz CT molecular complexity index is 825. The average Bonchev–Trinajstić information content (AvgIpc) is 2.51. The van der Waals surface area contributed by atoms with Gasteiger partial charge in [0.1, 0.15) is 0 Å². The van der Waals surface area contributed by atoms with Crippen LogP contribution in [-0.4, -0.2) is 14.3 Å². The Kier molecular flexibility index (Phi) is 4.92. The van der Waals surface area contributed by atoms with Crippen LogP contribution < -0.4 is 16.0 Å². The minimum atomic E-state index is -3.93. The van der Waals surface area contributed by atoms with Gasteiger partial charge in [0.2, 0.25) is 0 Å². The van der Waals surface area contributed by atoms with Gasteiger partial charge in [-0.2, -0.15) is 0 Å². The van der Waals surface area contributed by atoms with Gasteiger partial charge in [0.05, 0.1) is 20.6 Å². The highest BCUT2D eigenvalue weighted by atomic mass is 35.5. The van der Waals surface area contributed by atoms with Crippen LogP contribution in [0.3, 0.4) is 0 Å². The molecule has 0 spiro atoms. The fraction of sp³-hybridized carbons (Fsp3) is 0. The predicted molar refractivity (Wildman–Crippen MR) is 85.4 cm³/mol. The lowest BCUT2D eigenvalue weighted by Crippen LogP contribution is -2.30. The summed E-state index contributed by atoms with van der Waals surface area (Å²) in [5, 5.41) is 0.307. The molecule has 22 heavy (non-hydrogen) atoms. The number of sulfonamides is 1. The van der Waals surface area contributed by atoms with Gasteiger partial charge in [0.25, 0.3) is 15.9 Å². The number of hydrogen-bond acceptors (Lipinski definition) is 4. The summed E-state index contributed by atoms with van der Waals surface area (Å²) in [6, 6.07) is 9.98. The third-order valence-electron chi connectivity index (χ3n) is 2.73. The molecule has 0 unspecified atom stereocenters. The van der Waals surface area contributed by atoms with Crippen LogP contribution in [0, 0.1) is 0 Å². The second-order valence-corrected chi connectivity index (χ2v) is 6.68. The Labute approximate surface area is 137 Å². The molecule has 0 aromatic heterocycles. The molecule has 0 aliphatic carbocycles. The van der Waals surface area contributed by atoms with Crippen molar-refractivity contribution in [1.82, 2.24) is 5.43 Å². The Morgan fingerprint density at radius 2 is 1.77 bits per heavy atom. The fourth-order valence-electron chi connectivity index (χ4n) is 1.67. The van der Waals surface area contributed by atoms with Crippen LogP contribution in [0.4, 0.5) is 5.69 Å². The van der Waals surface area contributed by atoms with E-state index in [1.807, 2.05) is 5.43 Å². The highest BCUT2D eigenvalue weighted by molar-refractivity contribution is 7.92. The van der Waals surface area contributed by atoms with Gasteiger partial charge >= 0.3 is 0 Å². The molecule has 0 saturated carbocycles. The molecular weight excluding hydrogens is 349 g/mol. The van der Waals surface area contributed by atoms with E-state index in [0.29, 0.717) is 0 Å². The molecule has 0 fully saturated rings. The molecule has 0 radical (unpaired) electrons. The minimum Gasteiger partial charge on any atom is -0.290 e. The van der Waals surface area contributed by atoms with E-state index in [-0.39, 0.29) is 26.2 Å². The number of benzene rings is 2. The quantitative estimate of drug-likeness (QED) is 0.443. The molecule has 1 amide bonds. The van der Waals surface area contributed by atoms with Gasteiger partial charge in [-0.3, -0.25) is 14.9 Å². The number of nitrogens with one attached hydrogen (secondary N) is 2. The van der Waals surface area contributed by atoms with Crippen molar-refractivity contribution in [1.29, 1.82) is 0 Å². The second-order valence-electron chi connectivity index (χ2n) is 4.21. The van der Waals surface area contributed by atoms with E-state index in [4.69, 9.17) is 29.0 Å². The molecule has 0 aliphatic rings. The molecular formula is C13H11Cl2N3O3S. The molecule has 0 heterocycles. The molecule has 2 aromatic carbocycles. The molecule has 0 aliphatic heterocycles. The first-order valence-electron chi connectivity index (χ1n) is 5.93. The maximum atomic E-state index is 12.4. The molecule has 6 nitrogen and oxygen atoms in total. The zero-order chi connectivity index (χ0) is 16.3. The lowest BCUT2D eigenvalue weighted by atomic mass is 10.2. The summed E-state index contributed by atoms with van der Waals surface area (Å²) in [5.74, 6) is 4.43. The van der Waals surface area contributed by atoms with Gasteiger partial charge < -0.3 is 0 Å². The molecule has 4 N–H and O–H groups in total. The third-order valence-corrected chi connectivity index (χ3v) is 4.92. The van der Waals surface area contributed by atoms with Crippen molar-refractivity contribution in [3.8, 4) is 0 Å². The van der Waals surface area contributed by atoms with Gasteiger partial charge in [-0.1, -0.05) is 35.3 Å². The van der Waals surface area contributed by atoms with Gasteiger partial charge in [0.15, 0.2) is 0 Å². The Morgan fingerprint density at radius 3 is 2.45 bits per heavy atom. The van der Waals surface area contributed by atoms with Gasteiger partial charge in [0, 0.05) is 5.56 Å². The first kappa shape index (κ1) is 16.6. The number of anilines is 1. The first-order valence-corrected chi connectivity index (χ1v) is 8.17. The molecule has 0 bridgehead atoms. The molecule has 0 atom stereocenters. The van der Waals surface area contributed by atoms with Crippen molar-refractivity contribution in [2.24, 2.45) is 5.84 Å². The number of hydrogen-bond donors (Lipinski definition) is 3. The summed E-state index contributed by atoms with van der Waals surface area (Å²) in [4.78, 5) is 11.4. The van der Waals surface area contributed by atoms with Crippen LogP contribution in [-0.2, 0) is 10.0 Å². The highest BCUT2D eigenvalue weighted by Gasteiger charge is 2.18. The summed E-state index contributed by atoms with van der Waals surface area (Å²) in [7, 11) is -3.93. The number of nitrogens with two attached hydrogens (primary N) is 1. The SMILES string of the molecule is NNC(=O)c1cccc(S(=O)(=O)Nc2cccc(Cl)c2Cl)c1. The first-order chi connectivity index (χ1) is 10.3. The summed E-state index contributed by atoms with van der Waals surface area (Å²) in [5.41, 5.74) is 2.19. The zero-order valence-corrected chi connectivity index (χ0v) is 13.3. The molecule has 2 rings (SSSR count). The fourth-order valence-corrected chi connectivity index (χ4v) is 3.20. The van der Waals surface area contributed by atoms with Crippen molar-refractivity contribution in [3.63, 3.8) is 0 Å². The summed E-state index contributed by atoms with van der Waals surface area (Å²) < 4.78 is 27.0. The van der Waals surface area contributed by atoms with Crippen molar-refractivity contribution in [2.75, 3.05) is 4.72 Å². The smallest absolute Gasteiger partial charge is 0.265 e. The highest BCUT2D eigenvalue weighted by Crippen LogP contribution is 2.31. The molecule has 2 aromatic rings. The Morgan fingerprint density at radius 1 is 1.09 bits per heavy atom. The van der Waals surface area contributed by atoms with Crippen molar-refractivity contribution in [3.05, 3.63) is 58.1 Å². The zero-order valence-electron chi connectivity index (χ0n) is 11.0. The third kappa shape index (κ3) is 3.50. The normalized spacial score (nSPS) is 11.0. The van der Waals surface area contributed by atoms with Crippen molar-refractivity contribution < 1.29 is 13.2 Å². The monoisotopic (exact) mass is 359 g/mol. The average molecular weight is 360 g/mol. The van der Waals surface area contributed by atoms with E-state index in [1.54, 1.807) is 6.07 Å². The number of nitrogen functional groups attached to an aromatic ring is 1. The summed E-state index contributed by atoms with van der Waals surface area (Å²) >= 11 is 11.8. The summed E-state index contributed by atoms with van der Waals surface area (Å²) in [6.45, 7) is 0. The van der Waals surface area contributed by atoms with E-state index in [0.717, 1.165) is 0 Å². The van der Waals surface area contributed by atoms with Crippen molar-refractivity contribution in [2.45, 2.75) is 4.90 Å². The van der Waals surface area contributed by atoms with Crippen LogP contribution in [0.25, 0.3) is 0 Å². The van der Waals surface area contributed by atoms with E-state index in [1.165, 1.54) is 36.4 Å². The largest absolute Gasteiger partial charge is 0.290 e. The van der Waals surface area contributed by atoms with Crippen LogP contribution in [0.15, 0.2) is 47.4 Å². The van der Waals surface area contributed by atoms with Gasteiger partial charge in [-0.05, 0) is 30.3 Å².